The van der Waals surface area contributed by atoms with Gasteiger partial charge >= 0.3 is 12.0 Å². The van der Waals surface area contributed by atoms with Crippen LogP contribution in [0.2, 0.25) is 0 Å². The van der Waals surface area contributed by atoms with Gasteiger partial charge in [-0.1, -0.05) is 6.92 Å². The van der Waals surface area contributed by atoms with E-state index in [4.69, 9.17) is 5.11 Å². The van der Waals surface area contributed by atoms with Crippen LogP contribution in [0.15, 0.2) is 0 Å². The fraction of sp³-hybridized carbons (Fsp3) is 0.867. The number of likely N-dealkylation sites (N-methyl/N-ethyl adjacent to an activating group) is 1. The zero-order valence-electron chi connectivity index (χ0n) is 13.3. The smallest absolute Gasteiger partial charge is 0.320 e. The van der Waals surface area contributed by atoms with Crippen molar-refractivity contribution < 1.29 is 14.7 Å². The standard InChI is InChI=1S/C15H27N3O3/c1-11-9-17(10-13(11)16(2)3)15(21)18-7-5-4-6-12(18)8-14(19)20/h11-13H,4-10H2,1-3H3,(H,19,20). The number of carboxylic acid groups (broad SMARTS) is 1. The van der Waals surface area contributed by atoms with Crippen molar-refractivity contribution in [1.29, 1.82) is 0 Å². The van der Waals surface area contributed by atoms with Gasteiger partial charge in [0, 0.05) is 31.7 Å². The lowest BCUT2D eigenvalue weighted by atomic mass is 10.00. The highest BCUT2D eigenvalue weighted by Crippen LogP contribution is 2.25. The predicted molar refractivity (Wildman–Crippen MR) is 80.2 cm³/mol. The summed E-state index contributed by atoms with van der Waals surface area (Å²) in [6, 6.07) is 0.270. The first-order valence-electron chi connectivity index (χ1n) is 7.84. The van der Waals surface area contributed by atoms with Crippen LogP contribution in [0.5, 0.6) is 0 Å². The number of hydrogen-bond acceptors (Lipinski definition) is 3. The monoisotopic (exact) mass is 297 g/mol. The number of rotatable bonds is 3. The number of carboxylic acids is 1. The largest absolute Gasteiger partial charge is 0.481 e. The van der Waals surface area contributed by atoms with E-state index in [0.717, 1.165) is 32.4 Å². The fourth-order valence-electron chi connectivity index (χ4n) is 3.63. The zero-order valence-corrected chi connectivity index (χ0v) is 13.3. The molecule has 2 amide bonds. The molecule has 21 heavy (non-hydrogen) atoms. The van der Waals surface area contributed by atoms with Gasteiger partial charge < -0.3 is 19.8 Å². The Balaban J connectivity index is 2.02. The van der Waals surface area contributed by atoms with Gasteiger partial charge in [0.2, 0.25) is 0 Å². The van der Waals surface area contributed by atoms with Crippen molar-refractivity contribution in [2.24, 2.45) is 5.92 Å². The first-order valence-corrected chi connectivity index (χ1v) is 7.84. The van der Waals surface area contributed by atoms with Crippen LogP contribution in [0.3, 0.4) is 0 Å². The molecule has 6 heteroatoms. The predicted octanol–water partition coefficient (Wildman–Crippen LogP) is 1.32. The van der Waals surface area contributed by atoms with E-state index in [9.17, 15) is 9.59 Å². The van der Waals surface area contributed by atoms with Gasteiger partial charge in [0.05, 0.1) is 6.42 Å². The number of urea groups is 1. The van der Waals surface area contributed by atoms with E-state index in [2.05, 4.69) is 11.8 Å². The molecule has 120 valence electrons. The Hall–Kier alpha value is -1.30. The van der Waals surface area contributed by atoms with Gasteiger partial charge in [-0.3, -0.25) is 4.79 Å². The van der Waals surface area contributed by atoms with Crippen molar-refractivity contribution in [1.82, 2.24) is 14.7 Å². The molecule has 0 saturated carbocycles. The summed E-state index contributed by atoms with van der Waals surface area (Å²) in [5.74, 6) is -0.368. The molecule has 0 aromatic rings. The Bertz CT molecular complexity index is 400. The molecular weight excluding hydrogens is 270 g/mol. The van der Waals surface area contributed by atoms with E-state index >= 15 is 0 Å². The van der Waals surface area contributed by atoms with Gasteiger partial charge in [0.15, 0.2) is 0 Å². The van der Waals surface area contributed by atoms with Crippen LogP contribution >= 0.6 is 0 Å². The summed E-state index contributed by atoms with van der Waals surface area (Å²) in [6.07, 6.45) is 2.85. The van der Waals surface area contributed by atoms with E-state index in [1.165, 1.54) is 0 Å². The van der Waals surface area contributed by atoms with Crippen molar-refractivity contribution in [3.63, 3.8) is 0 Å². The van der Waals surface area contributed by atoms with Crippen LogP contribution in [0.4, 0.5) is 4.79 Å². The maximum absolute atomic E-state index is 12.7. The number of nitrogens with zero attached hydrogens (tertiary/aromatic N) is 3. The Kier molecular flexibility index (Phi) is 5.08. The highest BCUT2D eigenvalue weighted by Gasteiger charge is 2.38. The normalized spacial score (nSPS) is 30.0. The number of hydrogen-bond donors (Lipinski definition) is 1. The lowest BCUT2D eigenvalue weighted by molar-refractivity contribution is -0.138. The van der Waals surface area contributed by atoms with E-state index in [1.807, 2.05) is 19.0 Å². The second kappa shape index (κ2) is 6.64. The molecule has 2 aliphatic heterocycles. The quantitative estimate of drug-likeness (QED) is 0.853. The first-order chi connectivity index (χ1) is 9.90. The molecule has 3 unspecified atom stereocenters. The van der Waals surface area contributed by atoms with Gasteiger partial charge in [-0.2, -0.15) is 0 Å². The third kappa shape index (κ3) is 3.67. The minimum absolute atomic E-state index is 0.0251. The van der Waals surface area contributed by atoms with Gasteiger partial charge in [0.25, 0.3) is 0 Å². The molecule has 0 radical (unpaired) electrons. The van der Waals surface area contributed by atoms with E-state index < -0.39 is 5.97 Å². The highest BCUT2D eigenvalue weighted by molar-refractivity contribution is 5.76. The molecule has 2 fully saturated rings. The van der Waals surface area contributed by atoms with E-state index in [0.29, 0.717) is 18.5 Å². The van der Waals surface area contributed by atoms with Crippen molar-refractivity contribution in [2.75, 3.05) is 33.7 Å². The SMILES string of the molecule is CC1CN(C(=O)N2CCCCC2CC(=O)O)CC1N(C)C. The number of aliphatic carboxylic acids is 1. The van der Waals surface area contributed by atoms with Crippen molar-refractivity contribution >= 4 is 12.0 Å². The number of likely N-dealkylation sites (tertiary alicyclic amines) is 2. The summed E-state index contributed by atoms with van der Waals surface area (Å²) >= 11 is 0. The topological polar surface area (TPSA) is 64.1 Å². The molecule has 0 aliphatic carbocycles. The second-order valence-corrected chi connectivity index (χ2v) is 6.64. The van der Waals surface area contributed by atoms with Crippen LogP contribution in [-0.2, 0) is 4.79 Å². The molecule has 1 N–H and O–H groups in total. The van der Waals surface area contributed by atoms with Crippen LogP contribution in [0, 0.1) is 5.92 Å². The van der Waals surface area contributed by atoms with Crippen LogP contribution in [-0.4, -0.2) is 77.6 Å². The van der Waals surface area contributed by atoms with Gasteiger partial charge in [0.1, 0.15) is 0 Å². The Morgan fingerprint density at radius 2 is 1.95 bits per heavy atom. The molecule has 0 aromatic heterocycles. The molecule has 6 nitrogen and oxygen atoms in total. The number of carbonyl (C=O) groups excluding carboxylic acids is 1. The Morgan fingerprint density at radius 3 is 2.52 bits per heavy atom. The molecule has 3 atom stereocenters. The van der Waals surface area contributed by atoms with Crippen molar-refractivity contribution in [3.05, 3.63) is 0 Å². The Labute approximate surface area is 126 Å². The average Bonchev–Trinajstić information content (AvgIpc) is 2.80. The molecule has 2 aliphatic rings. The van der Waals surface area contributed by atoms with Crippen molar-refractivity contribution in [3.8, 4) is 0 Å². The molecule has 2 rings (SSSR count). The fourth-order valence-corrected chi connectivity index (χ4v) is 3.63. The van der Waals surface area contributed by atoms with Crippen LogP contribution in [0.1, 0.15) is 32.6 Å². The van der Waals surface area contributed by atoms with Gasteiger partial charge in [-0.05, 0) is 39.3 Å². The molecule has 0 aromatic carbocycles. The number of carbonyl (C=O) groups is 2. The van der Waals surface area contributed by atoms with Gasteiger partial charge in [-0.15, -0.1) is 0 Å². The average molecular weight is 297 g/mol. The maximum atomic E-state index is 12.7. The number of amides is 2. The van der Waals surface area contributed by atoms with E-state index in [1.54, 1.807) is 4.90 Å². The van der Waals surface area contributed by atoms with Gasteiger partial charge in [-0.25, -0.2) is 4.79 Å². The minimum atomic E-state index is -0.819. The summed E-state index contributed by atoms with van der Waals surface area (Å²) in [4.78, 5) is 29.6. The van der Waals surface area contributed by atoms with Crippen molar-refractivity contribution in [2.45, 2.75) is 44.7 Å². The molecule has 2 heterocycles. The summed E-state index contributed by atoms with van der Waals surface area (Å²) < 4.78 is 0. The lowest BCUT2D eigenvalue weighted by Gasteiger charge is -2.37. The Morgan fingerprint density at radius 1 is 1.24 bits per heavy atom. The highest BCUT2D eigenvalue weighted by atomic mass is 16.4. The third-order valence-electron chi connectivity index (χ3n) is 4.79. The number of piperidine rings is 1. The molecule has 0 spiro atoms. The lowest BCUT2D eigenvalue weighted by Crippen LogP contribution is -2.50. The molecule has 2 saturated heterocycles. The summed E-state index contributed by atoms with van der Waals surface area (Å²) in [5.41, 5.74) is 0. The summed E-state index contributed by atoms with van der Waals surface area (Å²) in [7, 11) is 4.09. The minimum Gasteiger partial charge on any atom is -0.481 e. The summed E-state index contributed by atoms with van der Waals surface area (Å²) in [5, 5.41) is 9.03. The van der Waals surface area contributed by atoms with Crippen LogP contribution < -0.4 is 0 Å². The van der Waals surface area contributed by atoms with Crippen LogP contribution in [0.25, 0.3) is 0 Å². The molecule has 0 bridgehead atoms. The molecular formula is C15H27N3O3. The summed E-state index contributed by atoms with van der Waals surface area (Å²) in [6.45, 7) is 4.36. The van der Waals surface area contributed by atoms with E-state index in [-0.39, 0.29) is 18.5 Å². The second-order valence-electron chi connectivity index (χ2n) is 6.64. The zero-order chi connectivity index (χ0) is 15.6. The first kappa shape index (κ1) is 16.1. The third-order valence-corrected chi connectivity index (χ3v) is 4.79. The maximum Gasteiger partial charge on any atom is 0.320 e.